The van der Waals surface area contributed by atoms with Crippen molar-refractivity contribution in [3.8, 4) is 0 Å². The average Bonchev–Trinajstić information content (AvgIpc) is 2.67. The molecule has 4 nitrogen and oxygen atoms in total. The molecule has 5 heteroatoms. The first-order valence-corrected chi connectivity index (χ1v) is 5.28. The minimum Gasteiger partial charge on any atom is -0.469 e. The Morgan fingerprint density at radius 2 is 2.57 bits per heavy atom. The van der Waals surface area contributed by atoms with Crippen molar-refractivity contribution < 1.29 is 9.53 Å². The Labute approximate surface area is 87.3 Å². The van der Waals surface area contributed by atoms with Crippen LogP contribution in [0.2, 0.25) is 0 Å². The van der Waals surface area contributed by atoms with Crippen molar-refractivity contribution in [2.24, 2.45) is 0 Å². The van der Waals surface area contributed by atoms with Crippen LogP contribution in [0.25, 0.3) is 0 Å². The first kappa shape index (κ1) is 11.1. The van der Waals surface area contributed by atoms with Crippen molar-refractivity contribution in [1.29, 1.82) is 0 Å². The average molecular weight is 214 g/mol. The third-order valence-corrected chi connectivity index (χ3v) is 2.59. The molecule has 0 radical (unpaired) electrons. The largest absolute Gasteiger partial charge is 0.469 e. The third kappa shape index (κ3) is 3.85. The normalized spacial score (nSPS) is 12.4. The second-order valence-corrected chi connectivity index (χ2v) is 4.00. The van der Waals surface area contributed by atoms with Crippen molar-refractivity contribution in [3.05, 3.63) is 16.6 Å². The van der Waals surface area contributed by atoms with E-state index in [1.54, 1.807) is 16.8 Å². The van der Waals surface area contributed by atoms with Gasteiger partial charge >= 0.3 is 5.97 Å². The van der Waals surface area contributed by atoms with Crippen molar-refractivity contribution >= 4 is 17.3 Å². The number of aromatic nitrogens is 1. The molecule has 1 aromatic heterocycles. The summed E-state index contributed by atoms with van der Waals surface area (Å²) in [4.78, 5) is 16.0. The fourth-order valence-electron chi connectivity index (χ4n) is 1.01. The number of carbonyl (C=O) groups excluding carboxylic acids is 1. The van der Waals surface area contributed by atoms with Gasteiger partial charge in [0.1, 0.15) is 0 Å². The smallest absolute Gasteiger partial charge is 0.307 e. The van der Waals surface area contributed by atoms with Crippen molar-refractivity contribution in [1.82, 2.24) is 10.3 Å². The highest BCUT2D eigenvalue weighted by atomic mass is 32.1. The molecule has 0 bridgehead atoms. The molecular weight excluding hydrogens is 200 g/mol. The number of esters is 1. The standard InChI is InChI=1S/C9H14N2O2S/c1-7(3-9(12)13-2)11-5-8-4-10-6-14-8/h4,6-7,11H,3,5H2,1-2H3. The van der Waals surface area contributed by atoms with Crippen molar-refractivity contribution in [2.75, 3.05) is 7.11 Å². The van der Waals surface area contributed by atoms with E-state index in [1.807, 2.05) is 13.1 Å². The highest BCUT2D eigenvalue weighted by Crippen LogP contribution is 2.05. The number of ether oxygens (including phenoxy) is 1. The van der Waals surface area contributed by atoms with E-state index in [0.29, 0.717) is 6.42 Å². The van der Waals surface area contributed by atoms with Gasteiger partial charge in [-0.3, -0.25) is 9.78 Å². The lowest BCUT2D eigenvalue weighted by atomic mass is 10.2. The summed E-state index contributed by atoms with van der Waals surface area (Å²) in [5, 5.41) is 3.22. The number of nitrogens with one attached hydrogen (secondary N) is 1. The first-order chi connectivity index (χ1) is 6.72. The van der Waals surface area contributed by atoms with E-state index in [0.717, 1.165) is 6.54 Å². The van der Waals surface area contributed by atoms with Crippen LogP contribution in [0.4, 0.5) is 0 Å². The topological polar surface area (TPSA) is 51.2 Å². The number of nitrogens with zero attached hydrogens (tertiary/aromatic N) is 1. The number of hydrogen-bond acceptors (Lipinski definition) is 5. The summed E-state index contributed by atoms with van der Waals surface area (Å²) >= 11 is 1.60. The monoisotopic (exact) mass is 214 g/mol. The molecule has 0 saturated carbocycles. The Bertz CT molecular complexity index is 274. The molecule has 1 rings (SSSR count). The molecule has 0 aliphatic heterocycles. The summed E-state index contributed by atoms with van der Waals surface area (Å²) in [6.07, 6.45) is 2.22. The van der Waals surface area contributed by atoms with E-state index in [2.05, 4.69) is 15.0 Å². The van der Waals surface area contributed by atoms with Crippen LogP contribution in [0.5, 0.6) is 0 Å². The molecule has 1 heterocycles. The van der Waals surface area contributed by atoms with E-state index in [4.69, 9.17) is 0 Å². The van der Waals surface area contributed by atoms with E-state index < -0.39 is 0 Å². The zero-order chi connectivity index (χ0) is 10.4. The Morgan fingerprint density at radius 1 is 1.79 bits per heavy atom. The fourth-order valence-corrected chi connectivity index (χ4v) is 1.56. The quantitative estimate of drug-likeness (QED) is 0.748. The molecule has 0 aliphatic carbocycles. The predicted octanol–water partition coefficient (Wildman–Crippen LogP) is 1.18. The van der Waals surface area contributed by atoms with E-state index in [1.165, 1.54) is 12.0 Å². The lowest BCUT2D eigenvalue weighted by Gasteiger charge is -2.10. The summed E-state index contributed by atoms with van der Waals surface area (Å²) in [5.41, 5.74) is 1.79. The second-order valence-electron chi connectivity index (χ2n) is 3.03. The molecule has 0 saturated heterocycles. The summed E-state index contributed by atoms with van der Waals surface area (Å²) in [6.45, 7) is 2.71. The van der Waals surface area contributed by atoms with Crippen molar-refractivity contribution in [2.45, 2.75) is 25.9 Å². The lowest BCUT2D eigenvalue weighted by Crippen LogP contribution is -2.28. The van der Waals surface area contributed by atoms with Gasteiger partial charge in [-0.05, 0) is 6.92 Å². The van der Waals surface area contributed by atoms with Gasteiger partial charge in [0.25, 0.3) is 0 Å². The molecular formula is C9H14N2O2S. The van der Waals surface area contributed by atoms with E-state index in [-0.39, 0.29) is 12.0 Å². The maximum Gasteiger partial charge on any atom is 0.307 e. The summed E-state index contributed by atoms with van der Waals surface area (Å²) in [5.74, 6) is -0.186. The molecule has 0 fully saturated rings. The van der Waals surface area contributed by atoms with Crippen LogP contribution in [0.15, 0.2) is 11.7 Å². The molecule has 0 aromatic carbocycles. The number of carbonyl (C=O) groups is 1. The summed E-state index contributed by atoms with van der Waals surface area (Å²) < 4.78 is 4.57. The summed E-state index contributed by atoms with van der Waals surface area (Å²) in [7, 11) is 1.40. The number of thiazole rings is 1. The fraction of sp³-hybridized carbons (Fsp3) is 0.556. The van der Waals surface area contributed by atoms with Gasteiger partial charge in [-0.1, -0.05) is 0 Å². The minimum absolute atomic E-state index is 0.129. The number of methoxy groups -OCH3 is 1. The Morgan fingerprint density at radius 3 is 3.14 bits per heavy atom. The van der Waals surface area contributed by atoms with Crippen LogP contribution in [0.3, 0.4) is 0 Å². The zero-order valence-electron chi connectivity index (χ0n) is 8.32. The molecule has 0 amide bonds. The first-order valence-electron chi connectivity index (χ1n) is 4.40. The van der Waals surface area contributed by atoms with Gasteiger partial charge in [0.05, 0.1) is 19.0 Å². The maximum atomic E-state index is 10.9. The van der Waals surface area contributed by atoms with Crippen LogP contribution in [0.1, 0.15) is 18.2 Å². The van der Waals surface area contributed by atoms with E-state index >= 15 is 0 Å². The van der Waals surface area contributed by atoms with Crippen LogP contribution < -0.4 is 5.32 Å². The Kier molecular flexibility index (Phi) is 4.55. The SMILES string of the molecule is COC(=O)CC(C)NCc1cncs1. The molecule has 1 aromatic rings. The Balaban J connectivity index is 2.21. The van der Waals surface area contributed by atoms with Crippen LogP contribution in [0, 0.1) is 0 Å². The van der Waals surface area contributed by atoms with Crippen molar-refractivity contribution in [3.63, 3.8) is 0 Å². The van der Waals surface area contributed by atoms with Gasteiger partial charge in [0, 0.05) is 23.7 Å². The highest BCUT2D eigenvalue weighted by molar-refractivity contribution is 7.09. The molecule has 14 heavy (non-hydrogen) atoms. The molecule has 78 valence electrons. The molecule has 0 spiro atoms. The van der Waals surface area contributed by atoms with Gasteiger partial charge in [-0.25, -0.2) is 0 Å². The number of hydrogen-bond donors (Lipinski definition) is 1. The van der Waals surface area contributed by atoms with Gasteiger partial charge in [0.2, 0.25) is 0 Å². The second kappa shape index (κ2) is 5.72. The van der Waals surface area contributed by atoms with Crippen LogP contribution >= 0.6 is 11.3 Å². The van der Waals surface area contributed by atoms with Crippen LogP contribution in [-0.4, -0.2) is 24.1 Å². The maximum absolute atomic E-state index is 10.9. The van der Waals surface area contributed by atoms with Gasteiger partial charge in [-0.2, -0.15) is 0 Å². The summed E-state index contributed by atoms with van der Waals surface area (Å²) in [6, 6.07) is 0.129. The van der Waals surface area contributed by atoms with E-state index in [9.17, 15) is 4.79 Å². The minimum atomic E-state index is -0.186. The third-order valence-electron chi connectivity index (χ3n) is 1.81. The van der Waals surface area contributed by atoms with Crippen LogP contribution in [-0.2, 0) is 16.1 Å². The van der Waals surface area contributed by atoms with Gasteiger partial charge < -0.3 is 10.1 Å². The lowest BCUT2D eigenvalue weighted by molar-refractivity contribution is -0.141. The molecule has 1 unspecified atom stereocenters. The predicted molar refractivity (Wildman–Crippen MR) is 55.0 cm³/mol. The zero-order valence-corrected chi connectivity index (χ0v) is 9.13. The molecule has 1 atom stereocenters. The van der Waals surface area contributed by atoms with Gasteiger partial charge in [-0.15, -0.1) is 11.3 Å². The van der Waals surface area contributed by atoms with Gasteiger partial charge in [0.15, 0.2) is 0 Å². The highest BCUT2D eigenvalue weighted by Gasteiger charge is 2.08. The Hall–Kier alpha value is -0.940. The number of rotatable bonds is 5. The molecule has 1 N–H and O–H groups in total. The molecule has 0 aliphatic rings.